The highest BCUT2D eigenvalue weighted by molar-refractivity contribution is 9.10. The number of nitrogens with one attached hydrogen (secondary N) is 3. The lowest BCUT2D eigenvalue weighted by Gasteiger charge is -2.25. The second kappa shape index (κ2) is 9.12. The monoisotopic (exact) mass is 389 g/mol. The molecule has 0 aromatic heterocycles. The van der Waals surface area contributed by atoms with E-state index in [0.29, 0.717) is 5.56 Å². The van der Waals surface area contributed by atoms with Crippen LogP contribution in [0.4, 0.5) is 0 Å². The minimum atomic E-state index is -0.553. The first kappa shape index (κ1) is 18.9. The molecule has 1 aliphatic rings. The van der Waals surface area contributed by atoms with Gasteiger partial charge in [0, 0.05) is 22.6 Å². The molecule has 0 aliphatic carbocycles. The fraction of sp³-hybridized carbons (Fsp3) is 0.467. The van der Waals surface area contributed by atoms with Crippen LogP contribution in [0.15, 0.2) is 28.7 Å². The van der Waals surface area contributed by atoms with E-state index < -0.39 is 6.04 Å². The molecule has 1 fully saturated rings. The standard InChI is InChI=1S/C15H20BrN3O2.ClH/c1-10(14(20)19-13-3-2-8-17-9-13)18-15(21)11-4-6-12(16)7-5-11;/h4-7,10,13,17H,2-3,8-9H2,1H3,(H,18,21)(H,19,20);1H/t10?,13-;/m0./s1. The van der Waals surface area contributed by atoms with Gasteiger partial charge in [0.05, 0.1) is 0 Å². The lowest BCUT2D eigenvalue weighted by molar-refractivity contribution is -0.123. The van der Waals surface area contributed by atoms with Crippen LogP contribution in [-0.2, 0) is 4.79 Å². The minimum Gasteiger partial charge on any atom is -0.350 e. The smallest absolute Gasteiger partial charge is 0.251 e. The SMILES string of the molecule is CC(NC(=O)c1ccc(Br)cc1)C(=O)N[C@H]1CCCNC1.Cl. The highest BCUT2D eigenvalue weighted by Gasteiger charge is 2.21. The first-order valence-corrected chi connectivity index (χ1v) is 7.93. The molecule has 1 unspecified atom stereocenters. The molecule has 0 radical (unpaired) electrons. The summed E-state index contributed by atoms with van der Waals surface area (Å²) in [6.07, 6.45) is 2.04. The van der Waals surface area contributed by atoms with Crippen LogP contribution in [-0.4, -0.2) is 37.0 Å². The van der Waals surface area contributed by atoms with Gasteiger partial charge in [0.2, 0.25) is 5.91 Å². The zero-order chi connectivity index (χ0) is 15.2. The van der Waals surface area contributed by atoms with E-state index in [2.05, 4.69) is 31.9 Å². The predicted octanol–water partition coefficient (Wildman–Crippen LogP) is 1.86. The lowest BCUT2D eigenvalue weighted by atomic mass is 10.1. The quantitative estimate of drug-likeness (QED) is 0.735. The molecule has 2 amide bonds. The van der Waals surface area contributed by atoms with Gasteiger partial charge in [-0.15, -0.1) is 12.4 Å². The summed E-state index contributed by atoms with van der Waals surface area (Å²) in [6.45, 7) is 3.49. The third kappa shape index (κ3) is 5.59. The maximum atomic E-state index is 12.1. The Kier molecular flexibility index (Phi) is 7.85. The Balaban J connectivity index is 0.00000242. The molecule has 0 spiro atoms. The van der Waals surface area contributed by atoms with E-state index in [-0.39, 0.29) is 30.3 Å². The number of rotatable bonds is 4. The van der Waals surface area contributed by atoms with Crippen LogP contribution in [0.3, 0.4) is 0 Å². The molecule has 0 saturated carbocycles. The molecule has 1 aliphatic heterocycles. The van der Waals surface area contributed by atoms with Gasteiger partial charge in [-0.3, -0.25) is 9.59 Å². The third-order valence-electron chi connectivity index (χ3n) is 3.49. The molecule has 22 heavy (non-hydrogen) atoms. The number of halogens is 2. The van der Waals surface area contributed by atoms with Crippen LogP contribution in [0.2, 0.25) is 0 Å². The number of carbonyl (C=O) groups is 2. The minimum absolute atomic E-state index is 0. The van der Waals surface area contributed by atoms with Gasteiger partial charge in [0.15, 0.2) is 0 Å². The number of piperidine rings is 1. The predicted molar refractivity (Wildman–Crippen MR) is 92.4 cm³/mol. The Bertz CT molecular complexity index is 504. The highest BCUT2D eigenvalue weighted by Crippen LogP contribution is 2.10. The molecule has 2 atom stereocenters. The van der Waals surface area contributed by atoms with E-state index in [1.54, 1.807) is 31.2 Å². The molecule has 1 aromatic rings. The van der Waals surface area contributed by atoms with Gasteiger partial charge in [0.1, 0.15) is 6.04 Å². The highest BCUT2D eigenvalue weighted by atomic mass is 79.9. The van der Waals surface area contributed by atoms with Crippen molar-refractivity contribution >= 4 is 40.2 Å². The van der Waals surface area contributed by atoms with Crippen molar-refractivity contribution in [3.8, 4) is 0 Å². The Hall–Kier alpha value is -1.11. The van der Waals surface area contributed by atoms with Gasteiger partial charge < -0.3 is 16.0 Å². The summed E-state index contributed by atoms with van der Waals surface area (Å²) in [5, 5.41) is 8.92. The molecule has 2 rings (SSSR count). The molecular formula is C15H21BrClN3O2. The molecule has 7 heteroatoms. The number of hydrogen-bond donors (Lipinski definition) is 3. The first-order valence-electron chi connectivity index (χ1n) is 7.14. The maximum absolute atomic E-state index is 12.1. The fourth-order valence-corrected chi connectivity index (χ4v) is 2.51. The first-order chi connectivity index (χ1) is 10.1. The summed E-state index contributed by atoms with van der Waals surface area (Å²) < 4.78 is 0.912. The second-order valence-corrected chi connectivity index (χ2v) is 6.17. The Morgan fingerprint density at radius 3 is 2.59 bits per heavy atom. The van der Waals surface area contributed by atoms with Crippen molar-refractivity contribution in [1.29, 1.82) is 0 Å². The lowest BCUT2D eigenvalue weighted by Crippen LogP contribution is -2.52. The van der Waals surface area contributed by atoms with Crippen LogP contribution in [0.1, 0.15) is 30.1 Å². The second-order valence-electron chi connectivity index (χ2n) is 5.25. The normalized spacial score (nSPS) is 18.7. The van der Waals surface area contributed by atoms with Crippen LogP contribution in [0.25, 0.3) is 0 Å². The zero-order valence-corrected chi connectivity index (χ0v) is 14.8. The molecule has 3 N–H and O–H groups in total. The fourth-order valence-electron chi connectivity index (χ4n) is 2.25. The van der Waals surface area contributed by atoms with Gasteiger partial charge in [-0.2, -0.15) is 0 Å². The van der Waals surface area contributed by atoms with Crippen LogP contribution in [0.5, 0.6) is 0 Å². The molecule has 1 saturated heterocycles. The Morgan fingerprint density at radius 2 is 2.00 bits per heavy atom. The van der Waals surface area contributed by atoms with Gasteiger partial charge in [-0.05, 0) is 50.6 Å². The zero-order valence-electron chi connectivity index (χ0n) is 12.4. The van der Waals surface area contributed by atoms with Crippen LogP contribution in [0, 0.1) is 0 Å². The van der Waals surface area contributed by atoms with Crippen molar-refractivity contribution in [2.45, 2.75) is 31.8 Å². The van der Waals surface area contributed by atoms with E-state index in [1.165, 1.54) is 0 Å². The summed E-state index contributed by atoms with van der Waals surface area (Å²) in [6, 6.07) is 6.63. The van der Waals surface area contributed by atoms with E-state index in [1.807, 2.05) is 0 Å². The summed E-state index contributed by atoms with van der Waals surface area (Å²) >= 11 is 3.32. The van der Waals surface area contributed by atoms with E-state index in [0.717, 1.165) is 30.4 Å². The number of hydrogen-bond acceptors (Lipinski definition) is 3. The number of carbonyl (C=O) groups excluding carboxylic acids is 2. The van der Waals surface area contributed by atoms with Gasteiger partial charge >= 0.3 is 0 Å². The van der Waals surface area contributed by atoms with Crippen molar-refractivity contribution in [3.63, 3.8) is 0 Å². The van der Waals surface area contributed by atoms with Gasteiger partial charge in [-0.1, -0.05) is 15.9 Å². The third-order valence-corrected chi connectivity index (χ3v) is 4.02. The van der Waals surface area contributed by atoms with Crippen molar-refractivity contribution in [3.05, 3.63) is 34.3 Å². The van der Waals surface area contributed by atoms with Crippen LogP contribution < -0.4 is 16.0 Å². The maximum Gasteiger partial charge on any atom is 0.251 e. The molecule has 1 heterocycles. The number of benzene rings is 1. The summed E-state index contributed by atoms with van der Waals surface area (Å²) in [5.41, 5.74) is 0.539. The van der Waals surface area contributed by atoms with Crippen molar-refractivity contribution in [2.24, 2.45) is 0 Å². The van der Waals surface area contributed by atoms with E-state index in [4.69, 9.17) is 0 Å². The summed E-state index contributed by atoms with van der Waals surface area (Å²) in [7, 11) is 0. The topological polar surface area (TPSA) is 70.2 Å². The van der Waals surface area contributed by atoms with Crippen LogP contribution >= 0.6 is 28.3 Å². The average molecular weight is 391 g/mol. The summed E-state index contributed by atoms with van der Waals surface area (Å²) in [4.78, 5) is 24.1. The van der Waals surface area contributed by atoms with E-state index >= 15 is 0 Å². The Morgan fingerprint density at radius 1 is 1.32 bits per heavy atom. The molecule has 1 aromatic carbocycles. The van der Waals surface area contributed by atoms with E-state index in [9.17, 15) is 9.59 Å². The largest absolute Gasteiger partial charge is 0.350 e. The summed E-state index contributed by atoms with van der Waals surface area (Å²) in [5.74, 6) is -0.388. The molecular weight excluding hydrogens is 370 g/mol. The number of amides is 2. The Labute approximate surface area is 145 Å². The van der Waals surface area contributed by atoms with Crippen molar-refractivity contribution < 1.29 is 9.59 Å². The van der Waals surface area contributed by atoms with Crippen molar-refractivity contribution in [1.82, 2.24) is 16.0 Å². The van der Waals surface area contributed by atoms with Gasteiger partial charge in [0.25, 0.3) is 5.91 Å². The average Bonchev–Trinajstić information content (AvgIpc) is 2.48. The molecule has 5 nitrogen and oxygen atoms in total. The van der Waals surface area contributed by atoms with Crippen molar-refractivity contribution in [2.75, 3.05) is 13.1 Å². The molecule has 0 bridgehead atoms. The molecule has 122 valence electrons. The van der Waals surface area contributed by atoms with Gasteiger partial charge in [-0.25, -0.2) is 0 Å².